The van der Waals surface area contributed by atoms with E-state index >= 15 is 0 Å². The van der Waals surface area contributed by atoms with Crippen LogP contribution in [0.1, 0.15) is 77.2 Å². The number of nitrogens with two attached hydrogens (primary N) is 1. The SMILES string of the molecule is C=C1C(=O)N(C2CCC(=O)NC2=O)C(=O)/C1=C/C(=C\C)N1CCC(N2CCC(N3CCC(N4CC(N5CCC(n6nc(-c7ccc(Oc8ccccc8)cc7)c7c(N)ncnc76)CC5)C4)CC3)CC2)CC1. The van der Waals surface area contributed by atoms with Crippen LogP contribution in [0.3, 0.4) is 0 Å². The number of piperidine rings is 5. The maximum atomic E-state index is 13.5. The van der Waals surface area contributed by atoms with Gasteiger partial charge in [0.1, 0.15) is 35.4 Å². The molecule has 4 amide bonds. The summed E-state index contributed by atoms with van der Waals surface area (Å²) >= 11 is 0. The summed E-state index contributed by atoms with van der Waals surface area (Å²) in [7, 11) is 0. The molecule has 17 heteroatoms. The fourth-order valence-electron chi connectivity index (χ4n) is 12.5. The number of aromatic nitrogens is 4. The van der Waals surface area contributed by atoms with Gasteiger partial charge >= 0.3 is 0 Å². The summed E-state index contributed by atoms with van der Waals surface area (Å²) in [6, 6.07) is 19.5. The molecule has 7 saturated heterocycles. The highest BCUT2D eigenvalue weighted by atomic mass is 16.5. The number of benzene rings is 2. The highest BCUT2D eigenvalue weighted by Crippen LogP contribution is 2.37. The molecule has 11 rings (SSSR count). The van der Waals surface area contributed by atoms with Gasteiger partial charge in [0, 0.05) is 86.7 Å². The summed E-state index contributed by atoms with van der Waals surface area (Å²) < 4.78 is 8.15. The third-order valence-corrected chi connectivity index (χ3v) is 16.6. The predicted octanol–water partition coefficient (Wildman–Crippen LogP) is 5.14. The lowest BCUT2D eigenvalue weighted by Crippen LogP contribution is -2.64. The molecule has 71 heavy (non-hydrogen) atoms. The fourth-order valence-corrected chi connectivity index (χ4v) is 12.5. The number of imide groups is 2. The molecule has 1 unspecified atom stereocenters. The van der Waals surface area contributed by atoms with Crippen LogP contribution in [0.5, 0.6) is 11.5 Å². The van der Waals surface area contributed by atoms with Crippen molar-refractivity contribution in [2.24, 2.45) is 0 Å². The zero-order valence-corrected chi connectivity index (χ0v) is 40.8. The minimum Gasteiger partial charge on any atom is -0.457 e. The van der Waals surface area contributed by atoms with E-state index in [4.69, 9.17) is 20.6 Å². The van der Waals surface area contributed by atoms with Crippen LogP contribution in [0.2, 0.25) is 0 Å². The second kappa shape index (κ2) is 20.1. The van der Waals surface area contributed by atoms with Crippen molar-refractivity contribution < 1.29 is 23.9 Å². The molecule has 4 aromatic rings. The molecule has 3 N–H and O–H groups in total. The Morgan fingerprint density at radius 2 is 1.27 bits per heavy atom. The normalized spacial score (nSPS) is 24.7. The van der Waals surface area contributed by atoms with Gasteiger partial charge in [-0.15, -0.1) is 0 Å². The summed E-state index contributed by atoms with van der Waals surface area (Å²) in [5.74, 6) is -0.102. The van der Waals surface area contributed by atoms with Crippen molar-refractivity contribution >= 4 is 40.5 Å². The van der Waals surface area contributed by atoms with Crippen molar-refractivity contribution in [3.63, 3.8) is 0 Å². The number of hydrogen-bond donors (Lipinski definition) is 2. The zero-order chi connectivity index (χ0) is 48.8. The summed E-state index contributed by atoms with van der Waals surface area (Å²) in [6.07, 6.45) is 14.5. The van der Waals surface area contributed by atoms with Gasteiger partial charge in [-0.1, -0.05) is 30.9 Å². The molecule has 0 bridgehead atoms. The van der Waals surface area contributed by atoms with Crippen molar-refractivity contribution in [3.05, 3.63) is 96.5 Å². The van der Waals surface area contributed by atoms with E-state index in [0.29, 0.717) is 30.0 Å². The Hall–Kier alpha value is -6.27. The van der Waals surface area contributed by atoms with Gasteiger partial charge in [0.05, 0.1) is 17.0 Å². The van der Waals surface area contributed by atoms with E-state index < -0.39 is 29.7 Å². The highest BCUT2D eigenvalue weighted by Gasteiger charge is 2.46. The van der Waals surface area contributed by atoms with Crippen LogP contribution >= 0.6 is 0 Å². The summed E-state index contributed by atoms with van der Waals surface area (Å²) in [6.45, 7) is 16.7. The minimum atomic E-state index is -0.999. The number of likely N-dealkylation sites (tertiary alicyclic amines) is 6. The first-order valence-electron chi connectivity index (χ1n) is 25.9. The summed E-state index contributed by atoms with van der Waals surface area (Å²) in [5.41, 5.74) is 10.2. The van der Waals surface area contributed by atoms with E-state index in [1.54, 1.807) is 12.4 Å². The molecule has 2 aromatic heterocycles. The Bertz CT molecular complexity index is 2720. The first-order valence-corrected chi connectivity index (χ1v) is 25.9. The second-order valence-electron chi connectivity index (χ2n) is 20.5. The largest absolute Gasteiger partial charge is 0.457 e. The standard InChI is InChI=1S/C54H66N12O5/c1-3-37(31-45-35(2)53(69)65(54(45)70)46-13-14-47(67)58-52(46)68)60-23-15-38(16-24-60)61-25-17-39(18-26-61)62-27-19-40(20-28-62)64-32-42(33-64)63-29-21-41(22-30-63)66-51-48(50(55)56-34-57-51)49(59-66)36-9-11-44(12-10-36)71-43-7-5-4-6-8-43/h3-12,31,34,38-42,46H,2,13-30,32-33H2,1H3,(H2,55,56,57)(H,58,67,68)/b37-3+,45-31+. The van der Waals surface area contributed by atoms with Crippen molar-refractivity contribution in [1.29, 1.82) is 0 Å². The van der Waals surface area contributed by atoms with E-state index in [1.165, 1.54) is 51.9 Å². The molecule has 0 radical (unpaired) electrons. The van der Waals surface area contributed by atoms with Crippen LogP contribution in [0, 0.1) is 0 Å². The van der Waals surface area contributed by atoms with Crippen molar-refractivity contribution in [3.8, 4) is 22.8 Å². The first-order chi connectivity index (χ1) is 34.6. The van der Waals surface area contributed by atoms with Crippen LogP contribution in [0.4, 0.5) is 5.82 Å². The molecule has 1 atom stereocenters. The number of nitrogens with one attached hydrogen (secondary N) is 1. The van der Waals surface area contributed by atoms with E-state index in [9.17, 15) is 19.2 Å². The third-order valence-electron chi connectivity index (χ3n) is 16.6. The van der Waals surface area contributed by atoms with Crippen molar-refractivity contribution in [1.82, 2.24) is 54.5 Å². The lowest BCUT2D eigenvalue weighted by atomic mass is 9.92. The number of anilines is 1. The first kappa shape index (κ1) is 47.1. The molecule has 9 heterocycles. The smallest absolute Gasteiger partial charge is 0.262 e. The Balaban J connectivity index is 0.607. The second-order valence-corrected chi connectivity index (χ2v) is 20.5. The van der Waals surface area contributed by atoms with Gasteiger partial charge in [-0.25, -0.2) is 14.6 Å². The van der Waals surface area contributed by atoms with Crippen LogP contribution in [-0.2, 0) is 19.2 Å². The van der Waals surface area contributed by atoms with Gasteiger partial charge in [-0.2, -0.15) is 5.10 Å². The van der Waals surface area contributed by atoms with E-state index in [-0.39, 0.29) is 30.0 Å². The van der Waals surface area contributed by atoms with Gasteiger partial charge in [0.2, 0.25) is 11.8 Å². The molecule has 7 fully saturated rings. The van der Waals surface area contributed by atoms with Gasteiger partial charge in [-0.3, -0.25) is 39.2 Å². The molecular formula is C54H66N12O5. The average Bonchev–Trinajstić information content (AvgIpc) is 3.87. The summed E-state index contributed by atoms with van der Waals surface area (Å²) in [5, 5.41) is 8.23. The Morgan fingerprint density at radius 1 is 0.690 bits per heavy atom. The quantitative estimate of drug-likeness (QED) is 0.149. The molecule has 7 aliphatic rings. The van der Waals surface area contributed by atoms with E-state index in [0.717, 1.165) is 109 Å². The van der Waals surface area contributed by atoms with Crippen LogP contribution in [0.25, 0.3) is 22.3 Å². The lowest BCUT2D eigenvalue weighted by molar-refractivity contribution is -0.149. The molecule has 0 aliphatic carbocycles. The molecular weight excluding hydrogens is 897 g/mol. The minimum absolute atomic E-state index is 0.0851. The van der Waals surface area contributed by atoms with Crippen LogP contribution in [0.15, 0.2) is 96.5 Å². The number of para-hydroxylation sites is 1. The molecule has 2 aromatic carbocycles. The van der Waals surface area contributed by atoms with E-state index in [1.807, 2.05) is 67.6 Å². The number of nitrogens with zero attached hydrogens (tertiary/aromatic N) is 10. The Kier molecular flexibility index (Phi) is 13.3. The number of hydrogen-bond acceptors (Lipinski definition) is 14. The number of ether oxygens (including phenoxy) is 1. The maximum Gasteiger partial charge on any atom is 0.262 e. The fraction of sp³-hybridized carbons (Fsp3) is 0.500. The molecule has 17 nitrogen and oxygen atoms in total. The molecule has 7 aliphatic heterocycles. The molecule has 372 valence electrons. The van der Waals surface area contributed by atoms with Gasteiger partial charge < -0.3 is 25.2 Å². The number of fused-ring (bicyclic) bond motifs is 1. The predicted molar refractivity (Wildman–Crippen MR) is 270 cm³/mol. The van der Waals surface area contributed by atoms with Gasteiger partial charge in [-0.05, 0) is 133 Å². The topological polar surface area (TPSA) is 179 Å². The van der Waals surface area contributed by atoms with Crippen LogP contribution < -0.4 is 15.8 Å². The summed E-state index contributed by atoms with van der Waals surface area (Å²) in [4.78, 5) is 74.1. The van der Waals surface area contributed by atoms with E-state index in [2.05, 4.69) is 46.1 Å². The van der Waals surface area contributed by atoms with Gasteiger partial charge in [0.25, 0.3) is 11.8 Å². The highest BCUT2D eigenvalue weighted by molar-refractivity contribution is 6.26. The monoisotopic (exact) mass is 963 g/mol. The van der Waals surface area contributed by atoms with Crippen molar-refractivity contribution in [2.45, 2.75) is 107 Å². The number of nitrogen functional groups attached to an aromatic ring is 1. The Labute approximate surface area is 415 Å². The van der Waals surface area contributed by atoms with Gasteiger partial charge in [0.15, 0.2) is 5.65 Å². The van der Waals surface area contributed by atoms with Crippen LogP contribution in [-0.4, -0.2) is 168 Å². The maximum absolute atomic E-state index is 13.5. The number of rotatable bonds is 11. The number of carbonyl (C=O) groups is 4. The number of allylic oxidation sites excluding steroid dienone is 2. The molecule has 0 spiro atoms. The zero-order valence-electron chi connectivity index (χ0n) is 40.8. The van der Waals surface area contributed by atoms with Crippen molar-refractivity contribution in [2.75, 3.05) is 71.2 Å². The number of carbonyl (C=O) groups excluding carboxylic acids is 4. The lowest BCUT2D eigenvalue weighted by Gasteiger charge is -2.52. The third kappa shape index (κ3) is 9.40. The average molecular weight is 963 g/mol. The Morgan fingerprint density at radius 3 is 1.89 bits per heavy atom. The number of amides is 4. The molecule has 0 saturated carbocycles.